The lowest BCUT2D eigenvalue weighted by Crippen LogP contribution is -2.54. The minimum absolute atomic E-state index is 0.115. The molecule has 156 valence electrons. The highest BCUT2D eigenvalue weighted by atomic mass is 16.5. The van der Waals surface area contributed by atoms with Crippen molar-refractivity contribution in [2.45, 2.75) is 18.5 Å². The lowest BCUT2D eigenvalue weighted by molar-refractivity contribution is -0.122. The molecule has 0 bridgehead atoms. The Kier molecular flexibility index (Phi) is 7.53. The van der Waals surface area contributed by atoms with E-state index in [0.717, 1.165) is 5.56 Å². The third-order valence-electron chi connectivity index (χ3n) is 4.45. The van der Waals surface area contributed by atoms with Crippen LogP contribution >= 0.6 is 0 Å². The first kappa shape index (κ1) is 22.4. The monoisotopic (exact) mass is 407 g/mol. The highest BCUT2D eigenvalue weighted by molar-refractivity contribution is 6.00. The first-order chi connectivity index (χ1) is 14.4. The van der Waals surface area contributed by atoms with Crippen molar-refractivity contribution in [3.63, 3.8) is 0 Å². The van der Waals surface area contributed by atoms with Gasteiger partial charge >= 0.3 is 0 Å². The fourth-order valence-corrected chi connectivity index (χ4v) is 3.05. The molecular weight excluding hydrogens is 382 g/mol. The predicted molar refractivity (Wildman–Crippen MR) is 117 cm³/mol. The van der Waals surface area contributed by atoms with Crippen LogP contribution in [0.4, 0.5) is 0 Å². The van der Waals surface area contributed by atoms with Crippen molar-refractivity contribution in [2.75, 3.05) is 20.7 Å². The maximum absolute atomic E-state index is 12.8. The molecule has 0 unspecified atom stereocenters. The molecule has 2 N–H and O–H groups in total. The summed E-state index contributed by atoms with van der Waals surface area (Å²) in [6.07, 6.45) is 3.47. The Labute approximate surface area is 176 Å². The van der Waals surface area contributed by atoms with Crippen LogP contribution in [0.3, 0.4) is 0 Å². The van der Waals surface area contributed by atoms with Crippen LogP contribution in [0.5, 0.6) is 5.75 Å². The van der Waals surface area contributed by atoms with E-state index in [-0.39, 0.29) is 18.4 Å². The molecule has 0 saturated carbocycles. The SMILES string of the molecule is C=C1NC(=O)[C@@](C#CCC=NC)(CN2Cc3ccc(OC)cc3C2=O)N1.C=CN=C. The number of benzene rings is 1. The normalized spacial score (nSPS) is 19.1. The number of ether oxygens (including phenoxy) is 1. The molecule has 0 aromatic heterocycles. The highest BCUT2D eigenvalue weighted by Gasteiger charge is 2.46. The summed E-state index contributed by atoms with van der Waals surface area (Å²) in [5, 5.41) is 5.64. The minimum Gasteiger partial charge on any atom is -0.497 e. The molecule has 0 spiro atoms. The molecule has 1 atom stereocenters. The second kappa shape index (κ2) is 10.1. The Bertz CT molecular complexity index is 951. The fourth-order valence-electron chi connectivity index (χ4n) is 3.05. The number of hydrogen-bond donors (Lipinski definition) is 2. The molecular formula is C22H25N5O3. The number of rotatable bonds is 5. The minimum atomic E-state index is -1.22. The number of fused-ring (bicyclic) bond motifs is 1. The third-order valence-corrected chi connectivity index (χ3v) is 4.45. The van der Waals surface area contributed by atoms with Gasteiger partial charge in [-0.25, -0.2) is 0 Å². The van der Waals surface area contributed by atoms with Gasteiger partial charge in [-0.3, -0.25) is 19.6 Å². The van der Waals surface area contributed by atoms with Gasteiger partial charge in [0.05, 0.1) is 19.5 Å². The number of amides is 2. The molecule has 3 rings (SSSR count). The van der Waals surface area contributed by atoms with Gasteiger partial charge in [0.15, 0.2) is 5.54 Å². The lowest BCUT2D eigenvalue weighted by Gasteiger charge is -2.26. The quantitative estimate of drug-likeness (QED) is 0.571. The van der Waals surface area contributed by atoms with Crippen LogP contribution in [0.1, 0.15) is 22.3 Å². The van der Waals surface area contributed by atoms with Gasteiger partial charge in [-0.05, 0) is 24.4 Å². The summed E-state index contributed by atoms with van der Waals surface area (Å²) in [7, 11) is 3.22. The summed E-state index contributed by atoms with van der Waals surface area (Å²) in [4.78, 5) is 34.0. The summed E-state index contributed by atoms with van der Waals surface area (Å²) in [5.74, 6) is 6.42. The zero-order valence-corrected chi connectivity index (χ0v) is 17.2. The topological polar surface area (TPSA) is 95.4 Å². The maximum Gasteiger partial charge on any atom is 0.265 e. The molecule has 2 aliphatic heterocycles. The zero-order chi connectivity index (χ0) is 22.1. The van der Waals surface area contributed by atoms with E-state index in [2.05, 4.69) is 52.3 Å². The van der Waals surface area contributed by atoms with Crippen LogP contribution in [-0.2, 0) is 11.3 Å². The average Bonchev–Trinajstić information content (AvgIpc) is 3.20. The van der Waals surface area contributed by atoms with Crippen LogP contribution in [0.25, 0.3) is 0 Å². The largest absolute Gasteiger partial charge is 0.497 e. The Balaban J connectivity index is 0.000000735. The van der Waals surface area contributed by atoms with Gasteiger partial charge in [0, 0.05) is 38.0 Å². The summed E-state index contributed by atoms with van der Waals surface area (Å²) < 4.78 is 5.19. The van der Waals surface area contributed by atoms with Gasteiger partial charge in [0.2, 0.25) is 0 Å². The summed E-state index contributed by atoms with van der Waals surface area (Å²) in [6.45, 7) is 10.6. The van der Waals surface area contributed by atoms with E-state index in [9.17, 15) is 9.59 Å². The van der Waals surface area contributed by atoms with E-state index in [0.29, 0.717) is 30.1 Å². The second-order valence-electron chi connectivity index (χ2n) is 6.46. The second-order valence-corrected chi connectivity index (χ2v) is 6.46. The average molecular weight is 407 g/mol. The van der Waals surface area contributed by atoms with Gasteiger partial charge < -0.3 is 20.3 Å². The smallest absolute Gasteiger partial charge is 0.265 e. The molecule has 2 amide bonds. The Morgan fingerprint density at radius 2 is 2.13 bits per heavy atom. The molecule has 30 heavy (non-hydrogen) atoms. The summed E-state index contributed by atoms with van der Waals surface area (Å²) >= 11 is 0. The van der Waals surface area contributed by atoms with Gasteiger partial charge in [-0.1, -0.05) is 31.1 Å². The Morgan fingerprint density at radius 3 is 2.70 bits per heavy atom. The number of methoxy groups -OCH3 is 1. The van der Waals surface area contributed by atoms with E-state index in [4.69, 9.17) is 4.74 Å². The van der Waals surface area contributed by atoms with Crippen molar-refractivity contribution in [3.05, 3.63) is 54.5 Å². The molecule has 1 saturated heterocycles. The molecule has 8 heteroatoms. The van der Waals surface area contributed by atoms with E-state index in [1.807, 2.05) is 12.1 Å². The zero-order valence-electron chi connectivity index (χ0n) is 17.2. The van der Waals surface area contributed by atoms with Crippen molar-refractivity contribution in [2.24, 2.45) is 9.98 Å². The number of nitrogens with one attached hydrogen (secondary N) is 2. The van der Waals surface area contributed by atoms with E-state index in [1.165, 1.54) is 6.20 Å². The maximum atomic E-state index is 12.8. The third kappa shape index (κ3) is 4.94. The van der Waals surface area contributed by atoms with Gasteiger partial charge in [0.25, 0.3) is 11.8 Å². The van der Waals surface area contributed by atoms with E-state index >= 15 is 0 Å². The summed E-state index contributed by atoms with van der Waals surface area (Å²) in [6, 6.07) is 5.40. The van der Waals surface area contributed by atoms with Crippen LogP contribution < -0.4 is 15.4 Å². The summed E-state index contributed by atoms with van der Waals surface area (Å²) in [5.41, 5.74) is 0.262. The van der Waals surface area contributed by atoms with Gasteiger partial charge in [0.1, 0.15) is 5.75 Å². The molecule has 2 heterocycles. The van der Waals surface area contributed by atoms with Crippen LogP contribution in [0.2, 0.25) is 0 Å². The molecule has 1 aromatic rings. The number of aliphatic imine (C=N–C) groups is 2. The number of hydrogen-bond acceptors (Lipinski definition) is 6. The lowest BCUT2D eigenvalue weighted by atomic mass is 9.99. The molecule has 0 aliphatic carbocycles. The number of carbonyl (C=O) groups excluding carboxylic acids is 2. The van der Waals surface area contributed by atoms with Crippen molar-refractivity contribution >= 4 is 24.7 Å². The van der Waals surface area contributed by atoms with E-state index in [1.54, 1.807) is 31.3 Å². The number of carbonyl (C=O) groups is 2. The van der Waals surface area contributed by atoms with Crippen LogP contribution in [0.15, 0.2) is 53.4 Å². The first-order valence-corrected chi connectivity index (χ1v) is 9.13. The molecule has 2 aliphatic rings. The van der Waals surface area contributed by atoms with E-state index < -0.39 is 5.54 Å². The standard InChI is InChI=1S/C19H20N4O3.C3H5N/c1-13-21-18(25)19(22-13,8-4-5-9-20-2)12-23-11-14-6-7-15(26-3)10-16(14)17(23)24;1-3-4-2/h6-7,9-10,22H,1,5,11-12H2,2-3H3,(H,21,25);3H,1-2H2/t19-;/m1./s1. The van der Waals surface area contributed by atoms with Crippen molar-refractivity contribution in [1.82, 2.24) is 15.5 Å². The highest BCUT2D eigenvalue weighted by Crippen LogP contribution is 2.28. The van der Waals surface area contributed by atoms with Crippen LogP contribution in [-0.4, -0.2) is 55.9 Å². The Morgan fingerprint density at radius 1 is 1.40 bits per heavy atom. The van der Waals surface area contributed by atoms with Crippen molar-refractivity contribution < 1.29 is 14.3 Å². The molecule has 0 radical (unpaired) electrons. The van der Waals surface area contributed by atoms with Crippen molar-refractivity contribution in [1.29, 1.82) is 0 Å². The van der Waals surface area contributed by atoms with Crippen molar-refractivity contribution in [3.8, 4) is 17.6 Å². The predicted octanol–water partition coefficient (Wildman–Crippen LogP) is 1.50. The fraction of sp³-hybridized carbons (Fsp3) is 0.273. The van der Waals surface area contributed by atoms with Crippen LogP contribution in [0, 0.1) is 11.8 Å². The molecule has 1 aromatic carbocycles. The molecule has 8 nitrogen and oxygen atoms in total. The Hall–Kier alpha value is -3.86. The molecule has 1 fully saturated rings. The number of nitrogens with zero attached hydrogens (tertiary/aromatic N) is 3. The van der Waals surface area contributed by atoms with Gasteiger partial charge in [-0.2, -0.15) is 0 Å². The first-order valence-electron chi connectivity index (χ1n) is 9.13. The van der Waals surface area contributed by atoms with Gasteiger partial charge in [-0.15, -0.1) is 0 Å².